The van der Waals surface area contributed by atoms with Crippen molar-refractivity contribution in [1.29, 1.82) is 0 Å². The van der Waals surface area contributed by atoms with Gasteiger partial charge in [0.15, 0.2) is 0 Å². The summed E-state index contributed by atoms with van der Waals surface area (Å²) in [6, 6.07) is 8.38. The van der Waals surface area contributed by atoms with E-state index in [1.54, 1.807) is 7.11 Å². The maximum Gasteiger partial charge on any atom is 0.251 e. The molecule has 1 aliphatic carbocycles. The zero-order valence-corrected chi connectivity index (χ0v) is 15.0. The van der Waals surface area contributed by atoms with Crippen molar-refractivity contribution in [3.63, 3.8) is 0 Å². The Morgan fingerprint density at radius 1 is 1.12 bits per heavy atom. The third kappa shape index (κ3) is 5.30. The Bertz CT molecular complexity index is 587. The van der Waals surface area contributed by atoms with Crippen molar-refractivity contribution in [2.24, 2.45) is 5.92 Å². The van der Waals surface area contributed by atoms with Crippen LogP contribution in [0.1, 0.15) is 48.0 Å². The first-order valence-corrected chi connectivity index (χ1v) is 9.32. The molecule has 1 aromatic carbocycles. The van der Waals surface area contributed by atoms with Crippen molar-refractivity contribution in [2.45, 2.75) is 44.6 Å². The average Bonchev–Trinajstić information content (AvgIpc) is 3.45. The highest BCUT2D eigenvalue weighted by molar-refractivity contribution is 5.94. The molecule has 1 aliphatic heterocycles. The minimum atomic E-state index is 0.0388. The average molecular weight is 344 g/mol. The zero-order valence-electron chi connectivity index (χ0n) is 15.0. The van der Waals surface area contributed by atoms with Gasteiger partial charge in [-0.1, -0.05) is 12.1 Å². The van der Waals surface area contributed by atoms with E-state index in [1.807, 2.05) is 17.0 Å². The number of piperidine rings is 1. The fourth-order valence-corrected chi connectivity index (χ4v) is 3.36. The van der Waals surface area contributed by atoms with Gasteiger partial charge in [0.1, 0.15) is 0 Å². The monoisotopic (exact) mass is 344 g/mol. The predicted octanol–water partition coefficient (Wildman–Crippen LogP) is 2.40. The summed E-state index contributed by atoms with van der Waals surface area (Å²) in [6.45, 7) is 2.18. The lowest BCUT2D eigenvalue weighted by Gasteiger charge is -2.32. The Morgan fingerprint density at radius 2 is 1.80 bits per heavy atom. The number of nitrogens with one attached hydrogen (secondary N) is 1. The number of nitrogens with zero attached hydrogens (tertiary/aromatic N) is 1. The Kier molecular flexibility index (Phi) is 6.08. The van der Waals surface area contributed by atoms with Crippen molar-refractivity contribution < 1.29 is 14.3 Å². The van der Waals surface area contributed by atoms with E-state index in [1.165, 1.54) is 5.56 Å². The number of carbonyl (C=O) groups excluding carboxylic acids is 2. The van der Waals surface area contributed by atoms with E-state index < -0.39 is 0 Å². The van der Waals surface area contributed by atoms with E-state index in [2.05, 4.69) is 17.4 Å². The molecule has 25 heavy (non-hydrogen) atoms. The van der Waals surface area contributed by atoms with Crippen LogP contribution < -0.4 is 5.32 Å². The van der Waals surface area contributed by atoms with Crippen LogP contribution in [0, 0.1) is 5.92 Å². The number of hydrogen-bond donors (Lipinski definition) is 1. The summed E-state index contributed by atoms with van der Waals surface area (Å²) in [5, 5.41) is 3.02. The molecule has 2 fully saturated rings. The highest BCUT2D eigenvalue weighted by Gasteiger charge is 2.24. The highest BCUT2D eigenvalue weighted by atomic mass is 16.5. The van der Waals surface area contributed by atoms with E-state index in [0.29, 0.717) is 25.0 Å². The van der Waals surface area contributed by atoms with Gasteiger partial charge in [0.2, 0.25) is 5.91 Å². The molecule has 1 saturated carbocycles. The molecule has 3 rings (SSSR count). The van der Waals surface area contributed by atoms with Crippen LogP contribution in [0.2, 0.25) is 0 Å². The normalized spacial score (nSPS) is 18.2. The molecule has 0 aromatic heterocycles. The largest absolute Gasteiger partial charge is 0.384 e. The number of methoxy groups -OCH3 is 1. The van der Waals surface area contributed by atoms with E-state index in [4.69, 9.17) is 4.74 Å². The van der Waals surface area contributed by atoms with E-state index in [0.717, 1.165) is 50.8 Å². The molecule has 5 nitrogen and oxygen atoms in total. The maximum absolute atomic E-state index is 12.0. The van der Waals surface area contributed by atoms with E-state index in [-0.39, 0.29) is 11.8 Å². The topological polar surface area (TPSA) is 58.6 Å². The van der Waals surface area contributed by atoms with Crippen molar-refractivity contribution >= 4 is 11.8 Å². The minimum Gasteiger partial charge on any atom is -0.384 e. The predicted molar refractivity (Wildman–Crippen MR) is 96.4 cm³/mol. The van der Waals surface area contributed by atoms with Crippen LogP contribution in [0.3, 0.4) is 0 Å². The van der Waals surface area contributed by atoms with Gasteiger partial charge in [-0.3, -0.25) is 9.59 Å². The molecule has 0 atom stereocenters. The number of rotatable bonds is 7. The van der Waals surface area contributed by atoms with Crippen LogP contribution in [-0.2, 0) is 16.0 Å². The molecule has 2 amide bonds. The number of amides is 2. The van der Waals surface area contributed by atoms with Crippen molar-refractivity contribution in [2.75, 3.05) is 26.8 Å². The first-order chi connectivity index (χ1) is 12.2. The molecule has 1 saturated heterocycles. The summed E-state index contributed by atoms with van der Waals surface area (Å²) in [6.07, 6.45) is 5.80. The molecule has 0 unspecified atom stereocenters. The summed E-state index contributed by atoms with van der Waals surface area (Å²) in [7, 11) is 1.63. The molecule has 2 aliphatic rings. The molecule has 1 N–H and O–H groups in total. The summed E-state index contributed by atoms with van der Waals surface area (Å²) in [4.78, 5) is 26.0. The van der Waals surface area contributed by atoms with Gasteiger partial charge in [0, 0.05) is 31.8 Å². The highest BCUT2D eigenvalue weighted by Crippen LogP contribution is 2.23. The maximum atomic E-state index is 12.0. The standard InChI is InChI=1S/C20H28N2O3/c1-25-13-10-19(23)22-11-8-16(9-12-22)14-15-2-4-17(5-3-15)20(24)21-18-6-7-18/h2-5,16,18H,6-14H2,1H3,(H,21,24). The number of benzene rings is 1. The lowest BCUT2D eigenvalue weighted by molar-refractivity contribution is -0.133. The lowest BCUT2D eigenvalue weighted by atomic mass is 9.90. The molecule has 1 heterocycles. The minimum absolute atomic E-state index is 0.0388. The van der Waals surface area contributed by atoms with Crippen molar-refractivity contribution in [3.05, 3.63) is 35.4 Å². The van der Waals surface area contributed by atoms with Gasteiger partial charge < -0.3 is 15.0 Å². The van der Waals surface area contributed by atoms with E-state index in [9.17, 15) is 9.59 Å². The summed E-state index contributed by atoms with van der Waals surface area (Å²) in [5.74, 6) is 0.848. The third-order valence-corrected chi connectivity index (χ3v) is 5.14. The zero-order chi connectivity index (χ0) is 17.6. The van der Waals surface area contributed by atoms with Crippen molar-refractivity contribution in [3.8, 4) is 0 Å². The van der Waals surface area contributed by atoms with Crippen LogP contribution in [0.15, 0.2) is 24.3 Å². The Hall–Kier alpha value is -1.88. The van der Waals surface area contributed by atoms with Crippen molar-refractivity contribution in [1.82, 2.24) is 10.2 Å². The van der Waals surface area contributed by atoms with Crippen LogP contribution in [0.5, 0.6) is 0 Å². The second-order valence-electron chi connectivity index (χ2n) is 7.22. The van der Waals surface area contributed by atoms with Gasteiger partial charge >= 0.3 is 0 Å². The smallest absolute Gasteiger partial charge is 0.251 e. The second kappa shape index (κ2) is 8.48. The molecular formula is C20H28N2O3. The first kappa shape index (κ1) is 17.9. The number of carbonyl (C=O) groups is 2. The lowest BCUT2D eigenvalue weighted by Crippen LogP contribution is -2.39. The Morgan fingerprint density at radius 3 is 2.40 bits per heavy atom. The summed E-state index contributed by atoms with van der Waals surface area (Å²) >= 11 is 0. The second-order valence-corrected chi connectivity index (χ2v) is 7.22. The molecule has 0 radical (unpaired) electrons. The third-order valence-electron chi connectivity index (χ3n) is 5.14. The number of likely N-dealkylation sites (tertiary alicyclic amines) is 1. The van der Waals surface area contributed by atoms with Gasteiger partial charge in [-0.25, -0.2) is 0 Å². The van der Waals surface area contributed by atoms with Gasteiger partial charge in [-0.15, -0.1) is 0 Å². The molecular weight excluding hydrogens is 316 g/mol. The fourth-order valence-electron chi connectivity index (χ4n) is 3.36. The molecule has 0 spiro atoms. The Labute approximate surface area is 149 Å². The van der Waals surface area contributed by atoms with Gasteiger partial charge in [-0.2, -0.15) is 0 Å². The van der Waals surface area contributed by atoms with E-state index >= 15 is 0 Å². The van der Waals surface area contributed by atoms with Crippen LogP contribution in [-0.4, -0.2) is 49.6 Å². The first-order valence-electron chi connectivity index (χ1n) is 9.32. The summed E-state index contributed by atoms with van der Waals surface area (Å²) in [5.41, 5.74) is 2.02. The summed E-state index contributed by atoms with van der Waals surface area (Å²) < 4.78 is 4.98. The van der Waals surface area contributed by atoms with Crippen LogP contribution >= 0.6 is 0 Å². The Balaban J connectivity index is 1.44. The molecule has 5 heteroatoms. The van der Waals surface area contributed by atoms with Crippen LogP contribution in [0.4, 0.5) is 0 Å². The molecule has 0 bridgehead atoms. The van der Waals surface area contributed by atoms with Gasteiger partial charge in [0.25, 0.3) is 5.91 Å². The van der Waals surface area contributed by atoms with Gasteiger partial charge in [0.05, 0.1) is 13.0 Å². The van der Waals surface area contributed by atoms with Gasteiger partial charge in [-0.05, 0) is 55.7 Å². The molecule has 136 valence electrons. The van der Waals surface area contributed by atoms with Crippen LogP contribution in [0.25, 0.3) is 0 Å². The number of hydrogen-bond acceptors (Lipinski definition) is 3. The number of ether oxygens (including phenoxy) is 1. The SMILES string of the molecule is COCCC(=O)N1CCC(Cc2ccc(C(=O)NC3CC3)cc2)CC1. The molecule has 1 aromatic rings. The fraction of sp³-hybridized carbons (Fsp3) is 0.600. The quantitative estimate of drug-likeness (QED) is 0.826.